The summed E-state index contributed by atoms with van der Waals surface area (Å²) in [7, 11) is -2.95. The van der Waals surface area contributed by atoms with Crippen LogP contribution in [0.3, 0.4) is 0 Å². The van der Waals surface area contributed by atoms with Crippen LogP contribution in [0.25, 0.3) is 0 Å². The van der Waals surface area contributed by atoms with E-state index >= 15 is 0 Å². The van der Waals surface area contributed by atoms with E-state index in [0.717, 1.165) is 22.5 Å². The number of nitrogens with one attached hydrogen (secondary N) is 1. The quantitative estimate of drug-likeness (QED) is 0.239. The Balaban J connectivity index is 2.22. The van der Waals surface area contributed by atoms with E-state index in [2.05, 4.69) is 4.98 Å². The van der Waals surface area contributed by atoms with Crippen molar-refractivity contribution in [1.82, 2.24) is 9.55 Å². The highest BCUT2D eigenvalue weighted by Gasteiger charge is 2.45. The largest absolute Gasteiger partial charge is 0.438 e. The van der Waals surface area contributed by atoms with Crippen LogP contribution in [0.4, 0.5) is 0 Å². The van der Waals surface area contributed by atoms with Crippen molar-refractivity contribution in [3.8, 4) is 0 Å². The van der Waals surface area contributed by atoms with Gasteiger partial charge in [0.25, 0.3) is 5.56 Å². The van der Waals surface area contributed by atoms with Gasteiger partial charge in [-0.1, -0.05) is 0 Å². The molecule has 1 aromatic rings. The lowest BCUT2D eigenvalue weighted by Gasteiger charge is -2.20. The van der Waals surface area contributed by atoms with E-state index in [4.69, 9.17) is 28.0 Å². The van der Waals surface area contributed by atoms with Crippen molar-refractivity contribution in [3.63, 3.8) is 0 Å². The molecular weight excluding hydrogens is 527 g/mol. The molecule has 214 valence electrons. The van der Waals surface area contributed by atoms with Crippen LogP contribution in [0.2, 0.25) is 0 Å². The van der Waals surface area contributed by atoms with Crippen LogP contribution in [0.5, 0.6) is 0 Å². The SMILES string of the molecule is CO[C@@H]1[C@H](O)[C@@H](/C=C/P(=O)(OCOC(=O)C(C)(C)C)OCOC(=O)C(C)(C)C)O[C@H]1n1ccc(=O)[nH]c1=O. The summed E-state index contributed by atoms with van der Waals surface area (Å²) in [6, 6.07) is 1.10. The zero-order valence-electron chi connectivity index (χ0n) is 22.4. The lowest BCUT2D eigenvalue weighted by molar-refractivity contribution is -0.161. The molecule has 0 spiro atoms. The molecule has 1 fully saturated rings. The topological polar surface area (TPSA) is 182 Å². The molecule has 1 aromatic heterocycles. The molecule has 15 heteroatoms. The van der Waals surface area contributed by atoms with Gasteiger partial charge in [0.1, 0.15) is 18.3 Å². The lowest BCUT2D eigenvalue weighted by Crippen LogP contribution is -2.38. The number of rotatable bonds is 10. The third-order valence-corrected chi connectivity index (χ3v) is 6.64. The van der Waals surface area contributed by atoms with Crippen molar-refractivity contribution < 1.29 is 47.3 Å². The Hall–Kier alpha value is -2.61. The molecule has 0 bridgehead atoms. The first-order valence-electron chi connectivity index (χ1n) is 11.6. The van der Waals surface area contributed by atoms with E-state index in [1.54, 1.807) is 41.5 Å². The van der Waals surface area contributed by atoms with Gasteiger partial charge >= 0.3 is 25.2 Å². The van der Waals surface area contributed by atoms with Gasteiger partial charge in [0.2, 0.25) is 13.6 Å². The molecule has 2 N–H and O–H groups in total. The van der Waals surface area contributed by atoms with Crippen LogP contribution in [0.1, 0.15) is 47.8 Å². The van der Waals surface area contributed by atoms with Gasteiger partial charge in [-0.05, 0) is 47.6 Å². The number of nitrogens with zero attached hydrogens (tertiary/aromatic N) is 1. The van der Waals surface area contributed by atoms with E-state index in [1.807, 2.05) is 0 Å². The lowest BCUT2D eigenvalue weighted by atomic mass is 9.98. The summed E-state index contributed by atoms with van der Waals surface area (Å²) in [5, 5.41) is 10.7. The molecule has 0 radical (unpaired) electrons. The van der Waals surface area contributed by atoms with Crippen LogP contribution < -0.4 is 11.2 Å². The summed E-state index contributed by atoms with van der Waals surface area (Å²) in [5.74, 6) is -0.306. The van der Waals surface area contributed by atoms with Crippen molar-refractivity contribution in [3.05, 3.63) is 45.0 Å². The number of H-pyrrole nitrogens is 1. The Morgan fingerprint density at radius 3 is 2.05 bits per heavy atom. The zero-order valence-corrected chi connectivity index (χ0v) is 23.3. The molecule has 1 aliphatic heterocycles. The first kappa shape index (κ1) is 31.6. The summed E-state index contributed by atoms with van der Waals surface area (Å²) in [6.45, 7) is 8.22. The van der Waals surface area contributed by atoms with Crippen molar-refractivity contribution >= 4 is 19.5 Å². The van der Waals surface area contributed by atoms with Gasteiger partial charge in [-0.2, -0.15) is 0 Å². The number of ether oxygens (including phenoxy) is 4. The van der Waals surface area contributed by atoms with Gasteiger partial charge in [0.05, 0.1) is 10.8 Å². The minimum atomic E-state index is -4.23. The summed E-state index contributed by atoms with van der Waals surface area (Å²) in [5.41, 5.74) is -3.11. The first-order valence-corrected chi connectivity index (χ1v) is 13.2. The molecule has 0 amide bonds. The van der Waals surface area contributed by atoms with Gasteiger partial charge in [-0.25, -0.2) is 4.79 Å². The summed E-state index contributed by atoms with van der Waals surface area (Å²) in [6.07, 6.45) is -2.36. The fourth-order valence-electron chi connectivity index (χ4n) is 2.99. The fraction of sp³-hybridized carbons (Fsp3) is 0.652. The van der Waals surface area contributed by atoms with Crippen molar-refractivity contribution in [2.24, 2.45) is 10.8 Å². The molecule has 1 saturated heterocycles. The number of esters is 2. The number of aromatic amines is 1. The smallest absolute Gasteiger partial charge is 0.359 e. The number of methoxy groups -OCH3 is 1. The number of carbonyl (C=O) groups excluding carboxylic acids is 2. The third kappa shape index (κ3) is 8.45. The fourth-order valence-corrected chi connectivity index (χ4v) is 4.02. The van der Waals surface area contributed by atoms with Gasteiger partial charge in [-0.3, -0.25) is 37.5 Å². The summed E-state index contributed by atoms with van der Waals surface area (Å²) < 4.78 is 45.8. The number of carbonyl (C=O) groups is 2. The molecule has 38 heavy (non-hydrogen) atoms. The van der Waals surface area contributed by atoms with Crippen LogP contribution >= 0.6 is 7.60 Å². The zero-order chi connectivity index (χ0) is 28.9. The molecule has 0 saturated carbocycles. The van der Waals surface area contributed by atoms with Crippen molar-refractivity contribution in [2.45, 2.75) is 66.1 Å². The van der Waals surface area contributed by atoms with E-state index in [0.29, 0.717) is 0 Å². The normalized spacial score (nSPS) is 22.5. The Morgan fingerprint density at radius 2 is 1.61 bits per heavy atom. The predicted octanol–water partition coefficient (Wildman–Crippen LogP) is 1.64. The highest BCUT2D eigenvalue weighted by molar-refractivity contribution is 7.57. The Bertz CT molecular complexity index is 1140. The monoisotopic (exact) mass is 562 g/mol. The minimum Gasteiger partial charge on any atom is -0.438 e. The number of hydrogen-bond acceptors (Lipinski definition) is 12. The Morgan fingerprint density at radius 1 is 1.08 bits per heavy atom. The second-order valence-electron chi connectivity index (χ2n) is 10.4. The average Bonchev–Trinajstić information content (AvgIpc) is 3.11. The van der Waals surface area contributed by atoms with Crippen molar-refractivity contribution in [1.29, 1.82) is 0 Å². The molecular formula is C23H35N2O12P. The summed E-state index contributed by atoms with van der Waals surface area (Å²) >= 11 is 0. The minimum absolute atomic E-state index is 0.621. The second-order valence-corrected chi connectivity index (χ2v) is 12.3. The third-order valence-electron chi connectivity index (χ3n) is 5.18. The van der Waals surface area contributed by atoms with Gasteiger partial charge in [0.15, 0.2) is 6.23 Å². The van der Waals surface area contributed by atoms with Gasteiger partial charge in [-0.15, -0.1) is 0 Å². The molecule has 2 rings (SSSR count). The van der Waals surface area contributed by atoms with Gasteiger partial charge < -0.3 is 24.1 Å². The second kappa shape index (κ2) is 12.5. The number of aliphatic hydroxyl groups excluding tert-OH is 1. The first-order chi connectivity index (χ1) is 17.5. The maximum Gasteiger partial charge on any atom is 0.359 e. The predicted molar refractivity (Wildman–Crippen MR) is 132 cm³/mol. The average molecular weight is 563 g/mol. The van der Waals surface area contributed by atoms with Crippen LogP contribution in [-0.2, 0) is 42.1 Å². The van der Waals surface area contributed by atoms with Gasteiger partial charge in [0, 0.05) is 25.2 Å². The standard InChI is InChI=1S/C23H35N2O12P/c1-22(2,3)19(28)33-12-35-38(31,36-13-34-20(29)23(4,5)6)11-9-14-16(27)17(32-7)18(37-14)25-10-8-15(26)24-21(25)30/h8-11,14,16-18,27H,12-13H2,1-7H3,(H,24,26,30)/b11-9+/t14-,16-,17-,18-/m1/s1. The highest BCUT2D eigenvalue weighted by Crippen LogP contribution is 2.50. The number of hydrogen-bond donors (Lipinski definition) is 2. The Kier molecular flexibility index (Phi) is 10.4. The maximum absolute atomic E-state index is 13.4. The van der Waals surface area contributed by atoms with E-state index in [1.165, 1.54) is 13.3 Å². The van der Waals surface area contributed by atoms with E-state index in [9.17, 15) is 28.8 Å². The van der Waals surface area contributed by atoms with Crippen LogP contribution in [0, 0.1) is 10.8 Å². The highest BCUT2D eigenvalue weighted by atomic mass is 31.2. The van der Waals surface area contributed by atoms with Crippen LogP contribution in [0.15, 0.2) is 33.7 Å². The van der Waals surface area contributed by atoms with Crippen molar-refractivity contribution in [2.75, 3.05) is 20.7 Å². The molecule has 1 aliphatic rings. The molecule has 0 aliphatic carbocycles. The number of aliphatic hydroxyl groups is 1. The van der Waals surface area contributed by atoms with E-state index in [-0.39, 0.29) is 0 Å². The van der Waals surface area contributed by atoms with Crippen LogP contribution in [-0.4, -0.2) is 65.6 Å². The molecule has 0 unspecified atom stereocenters. The molecule has 2 heterocycles. The molecule has 14 nitrogen and oxygen atoms in total. The van der Waals surface area contributed by atoms with E-state index < -0.39 is 79.7 Å². The Labute approximate surface area is 219 Å². The number of aromatic nitrogens is 2. The molecule has 0 aromatic carbocycles. The summed E-state index contributed by atoms with van der Waals surface area (Å²) in [4.78, 5) is 49.7. The molecule has 4 atom stereocenters. The maximum atomic E-state index is 13.4.